The molecule has 136 valence electrons. The number of anilines is 2. The number of nitrogens with zero attached hydrogens (tertiary/aromatic N) is 4. The highest BCUT2D eigenvalue weighted by molar-refractivity contribution is 5.64. The highest BCUT2D eigenvalue weighted by Crippen LogP contribution is 2.35. The minimum Gasteiger partial charge on any atom is -0.374 e. The molecule has 8 heteroatoms. The molecule has 0 radical (unpaired) electrons. The molecule has 0 aromatic carbocycles. The smallest absolute Gasteiger partial charge is 0.248 e. The molecule has 25 heavy (non-hydrogen) atoms. The molecule has 1 aromatic rings. The van der Waals surface area contributed by atoms with E-state index in [0.717, 1.165) is 38.3 Å². The van der Waals surface area contributed by atoms with Crippen molar-refractivity contribution in [2.45, 2.75) is 37.6 Å². The Morgan fingerprint density at radius 3 is 2.48 bits per heavy atom. The fourth-order valence-electron chi connectivity index (χ4n) is 3.28. The summed E-state index contributed by atoms with van der Waals surface area (Å²) < 4.78 is 26.6. The topological polar surface area (TPSA) is 61.4 Å². The lowest BCUT2D eigenvalue weighted by Crippen LogP contribution is -2.45. The largest absolute Gasteiger partial charge is 0.374 e. The van der Waals surface area contributed by atoms with Crippen molar-refractivity contribution in [1.29, 1.82) is 0 Å². The summed E-state index contributed by atoms with van der Waals surface area (Å²) in [5, 5.41) is 3.31. The van der Waals surface area contributed by atoms with E-state index < -0.39 is 5.92 Å². The molecule has 0 unspecified atom stereocenters. The summed E-state index contributed by atoms with van der Waals surface area (Å²) in [7, 11) is 0. The third-order valence-electron chi connectivity index (χ3n) is 4.73. The Kier molecular flexibility index (Phi) is 5.45. The number of carbonyl (C=O) groups is 1. The van der Waals surface area contributed by atoms with Gasteiger partial charge in [-0.25, -0.2) is 18.7 Å². The van der Waals surface area contributed by atoms with Crippen molar-refractivity contribution in [2.24, 2.45) is 0 Å². The van der Waals surface area contributed by atoms with Crippen LogP contribution in [0.25, 0.3) is 0 Å². The van der Waals surface area contributed by atoms with Gasteiger partial charge in [0.2, 0.25) is 5.92 Å². The highest BCUT2D eigenvalue weighted by Gasteiger charge is 2.35. The zero-order chi connectivity index (χ0) is 17.7. The van der Waals surface area contributed by atoms with Gasteiger partial charge in [-0.15, -0.1) is 0 Å². The minimum atomic E-state index is -2.53. The molecule has 1 saturated heterocycles. The van der Waals surface area contributed by atoms with E-state index in [4.69, 9.17) is 0 Å². The lowest BCUT2D eigenvalue weighted by molar-refractivity contribution is -0.104. The number of carbonyl (C=O) groups excluding carboxylic acids is 1. The van der Waals surface area contributed by atoms with E-state index in [1.165, 1.54) is 6.08 Å². The molecule has 2 heterocycles. The van der Waals surface area contributed by atoms with Gasteiger partial charge in [0.05, 0.1) is 0 Å². The Bertz CT molecular complexity index is 607. The van der Waals surface area contributed by atoms with E-state index >= 15 is 0 Å². The molecular formula is C17H23F2N5O. The van der Waals surface area contributed by atoms with Gasteiger partial charge in [0.25, 0.3) is 0 Å². The van der Waals surface area contributed by atoms with Crippen molar-refractivity contribution in [3.05, 3.63) is 24.7 Å². The number of aromatic nitrogens is 2. The first-order valence-electron chi connectivity index (χ1n) is 8.64. The Hall–Kier alpha value is -2.25. The summed E-state index contributed by atoms with van der Waals surface area (Å²) in [6.07, 6.45) is 8.03. The lowest BCUT2D eigenvalue weighted by Gasteiger charge is -2.36. The third kappa shape index (κ3) is 4.64. The van der Waals surface area contributed by atoms with Crippen LogP contribution in [0, 0.1) is 0 Å². The van der Waals surface area contributed by atoms with Crippen LogP contribution in [0.15, 0.2) is 24.7 Å². The van der Waals surface area contributed by atoms with Gasteiger partial charge in [-0.1, -0.05) is 0 Å². The number of aldehydes is 1. The Morgan fingerprint density at radius 2 is 1.80 bits per heavy atom. The van der Waals surface area contributed by atoms with Crippen molar-refractivity contribution in [2.75, 3.05) is 36.4 Å². The Morgan fingerprint density at radius 1 is 1.12 bits per heavy atom. The van der Waals surface area contributed by atoms with Gasteiger partial charge in [-0.3, -0.25) is 4.79 Å². The second-order valence-corrected chi connectivity index (χ2v) is 6.50. The molecule has 0 amide bonds. The van der Waals surface area contributed by atoms with Crippen LogP contribution in [0.2, 0.25) is 0 Å². The summed E-state index contributed by atoms with van der Waals surface area (Å²) in [5.41, 5.74) is 0. The molecule has 1 aromatic heterocycles. The second-order valence-electron chi connectivity index (χ2n) is 6.50. The van der Waals surface area contributed by atoms with E-state index in [1.54, 1.807) is 18.6 Å². The molecule has 1 saturated carbocycles. The van der Waals surface area contributed by atoms with Gasteiger partial charge in [-0.2, -0.15) is 0 Å². The van der Waals surface area contributed by atoms with Crippen LogP contribution >= 0.6 is 0 Å². The molecule has 1 aliphatic carbocycles. The molecular weight excluding hydrogens is 328 g/mol. The Balaban J connectivity index is 1.62. The van der Waals surface area contributed by atoms with Crippen LogP contribution in [0.1, 0.15) is 25.7 Å². The highest BCUT2D eigenvalue weighted by atomic mass is 19.3. The van der Waals surface area contributed by atoms with Crippen molar-refractivity contribution in [1.82, 2.24) is 14.9 Å². The van der Waals surface area contributed by atoms with Gasteiger partial charge < -0.3 is 15.1 Å². The van der Waals surface area contributed by atoms with Crippen molar-refractivity contribution in [3.63, 3.8) is 0 Å². The van der Waals surface area contributed by atoms with Crippen LogP contribution in [0.4, 0.5) is 20.4 Å². The zero-order valence-corrected chi connectivity index (χ0v) is 14.1. The fraction of sp³-hybridized carbons (Fsp3) is 0.588. The molecule has 3 rings (SSSR count). The van der Waals surface area contributed by atoms with E-state index in [-0.39, 0.29) is 18.9 Å². The molecule has 1 N–H and O–H groups in total. The third-order valence-corrected chi connectivity index (χ3v) is 4.73. The summed E-state index contributed by atoms with van der Waals surface area (Å²) in [6, 6.07) is 0.00638. The first-order valence-corrected chi connectivity index (χ1v) is 8.64. The van der Waals surface area contributed by atoms with Crippen LogP contribution in [-0.4, -0.2) is 59.3 Å². The van der Waals surface area contributed by atoms with Crippen LogP contribution < -0.4 is 10.2 Å². The molecule has 0 atom stereocenters. The number of nitrogens with one attached hydrogen (secondary N) is 1. The van der Waals surface area contributed by atoms with E-state index in [9.17, 15) is 13.6 Å². The second kappa shape index (κ2) is 7.76. The van der Waals surface area contributed by atoms with Crippen molar-refractivity contribution in [3.8, 4) is 0 Å². The van der Waals surface area contributed by atoms with Gasteiger partial charge >= 0.3 is 0 Å². The van der Waals surface area contributed by atoms with E-state index in [2.05, 4.69) is 25.1 Å². The number of alkyl halides is 2. The van der Waals surface area contributed by atoms with Crippen LogP contribution in [-0.2, 0) is 4.79 Å². The fourth-order valence-corrected chi connectivity index (χ4v) is 3.28. The molecule has 1 aliphatic heterocycles. The number of rotatable bonds is 5. The van der Waals surface area contributed by atoms with Crippen LogP contribution in [0.5, 0.6) is 0 Å². The first-order chi connectivity index (χ1) is 12.1. The summed E-state index contributed by atoms with van der Waals surface area (Å²) in [4.78, 5) is 23.4. The van der Waals surface area contributed by atoms with E-state index in [0.29, 0.717) is 18.7 Å². The quantitative estimate of drug-likeness (QED) is 0.649. The maximum absolute atomic E-state index is 13.3. The zero-order valence-electron chi connectivity index (χ0n) is 14.1. The maximum Gasteiger partial charge on any atom is 0.248 e. The van der Waals surface area contributed by atoms with Crippen molar-refractivity contribution < 1.29 is 13.6 Å². The minimum absolute atomic E-state index is 0.00638. The van der Waals surface area contributed by atoms with Gasteiger partial charge in [0, 0.05) is 63.7 Å². The summed E-state index contributed by atoms with van der Waals surface area (Å²) in [6.45, 7) is 3.10. The predicted molar refractivity (Wildman–Crippen MR) is 91.8 cm³/mol. The van der Waals surface area contributed by atoms with Crippen molar-refractivity contribution >= 4 is 17.9 Å². The van der Waals surface area contributed by atoms with Gasteiger partial charge in [-0.05, 0) is 18.9 Å². The number of allylic oxidation sites excluding steroid dienone is 1. The summed E-state index contributed by atoms with van der Waals surface area (Å²) in [5.74, 6) is -1.11. The summed E-state index contributed by atoms with van der Waals surface area (Å²) >= 11 is 0. The predicted octanol–water partition coefficient (Wildman–Crippen LogP) is 2.30. The molecule has 2 aliphatic rings. The number of halogens is 2. The normalized spacial score (nSPS) is 21.5. The standard InChI is InChI=1S/C17H23F2N5O/c18-17(19)4-2-14(3-5-17)22-15-16(21-7-6-20-15)24-11-9-23(10-12-24)8-1-13-25/h1,6-8,13-14H,2-5,9-12H2,(H,20,22). The molecule has 0 bridgehead atoms. The average molecular weight is 351 g/mol. The molecule has 0 spiro atoms. The molecule has 6 nitrogen and oxygen atoms in total. The van der Waals surface area contributed by atoms with Crippen LogP contribution in [0.3, 0.4) is 0 Å². The van der Waals surface area contributed by atoms with Gasteiger partial charge in [0.1, 0.15) is 6.29 Å². The van der Waals surface area contributed by atoms with E-state index in [1.807, 2.05) is 0 Å². The first kappa shape index (κ1) is 17.6. The monoisotopic (exact) mass is 351 g/mol. The molecule has 2 fully saturated rings. The Labute approximate surface area is 145 Å². The number of hydrogen-bond acceptors (Lipinski definition) is 6. The average Bonchev–Trinajstić information content (AvgIpc) is 2.63. The van der Waals surface area contributed by atoms with Gasteiger partial charge in [0.15, 0.2) is 11.6 Å². The lowest BCUT2D eigenvalue weighted by atomic mass is 9.92. The maximum atomic E-state index is 13.3. The number of piperazine rings is 1. The SMILES string of the molecule is O=CC=CN1CCN(c2nccnc2NC2CCC(F)(F)CC2)CC1. The number of hydrogen-bond donors (Lipinski definition) is 1.